The highest BCUT2D eigenvalue weighted by Gasteiger charge is 2.27. The van der Waals surface area contributed by atoms with Crippen molar-refractivity contribution in [1.29, 1.82) is 0 Å². The molecule has 3 aliphatic rings. The lowest BCUT2D eigenvalue weighted by Gasteiger charge is -2.25. The zero-order valence-electron chi connectivity index (χ0n) is 21.0. The van der Waals surface area contributed by atoms with Crippen molar-refractivity contribution in [2.75, 3.05) is 20.0 Å². The minimum atomic E-state index is 0.394. The molecule has 0 amide bonds. The molecular formula is C29H40ClN3O. The zero-order valence-corrected chi connectivity index (χ0v) is 21.7. The van der Waals surface area contributed by atoms with Crippen LogP contribution in [0, 0.1) is 5.92 Å². The monoisotopic (exact) mass is 481 g/mol. The molecule has 0 N–H and O–H groups in total. The minimum absolute atomic E-state index is 0.394. The Kier molecular flexibility index (Phi) is 9.13. The van der Waals surface area contributed by atoms with Gasteiger partial charge < -0.3 is 4.90 Å². The Labute approximate surface area is 210 Å². The van der Waals surface area contributed by atoms with Crippen LogP contribution in [0.15, 0.2) is 24.4 Å². The highest BCUT2D eigenvalue weighted by Crippen LogP contribution is 2.41. The summed E-state index contributed by atoms with van der Waals surface area (Å²) >= 11 is 4.64. The normalized spacial score (nSPS) is 18.0. The summed E-state index contributed by atoms with van der Waals surface area (Å²) in [6.07, 6.45) is 16.7. The van der Waals surface area contributed by atoms with Gasteiger partial charge in [0.2, 0.25) is 0 Å². The van der Waals surface area contributed by atoms with Crippen LogP contribution in [0.2, 0.25) is 0 Å². The Morgan fingerprint density at radius 3 is 2.65 bits per heavy atom. The third-order valence-corrected chi connectivity index (χ3v) is 7.70. The highest BCUT2D eigenvalue weighted by molar-refractivity contribution is 6.15. The lowest BCUT2D eigenvalue weighted by molar-refractivity contribution is -0.125. The first-order valence-corrected chi connectivity index (χ1v) is 14.0. The standard InChI is InChI=1S/C28H37N3O.CH3Cl/c1-31-15-14-23-16-20(10-11-24(23)19-31)17-28-29-18-25(21-12-13-21)26(30-28)8-3-2-4-9-27(32)22-6-5-7-22;1-2/h10-11,16,18,21-22H,2-9,12-15,17,19H2,1H3;1H3. The molecule has 2 aromatic rings. The van der Waals surface area contributed by atoms with Crippen molar-refractivity contribution in [1.82, 2.24) is 14.9 Å². The van der Waals surface area contributed by atoms with E-state index in [4.69, 9.17) is 9.97 Å². The van der Waals surface area contributed by atoms with Gasteiger partial charge in [-0.1, -0.05) is 31.0 Å². The minimum Gasteiger partial charge on any atom is -0.302 e. The van der Waals surface area contributed by atoms with Crippen molar-refractivity contribution >= 4 is 17.4 Å². The average Bonchev–Trinajstić information content (AvgIpc) is 3.65. The molecule has 4 nitrogen and oxygen atoms in total. The van der Waals surface area contributed by atoms with Crippen LogP contribution in [0.1, 0.15) is 97.5 Å². The van der Waals surface area contributed by atoms with Gasteiger partial charge in [0.25, 0.3) is 0 Å². The second kappa shape index (κ2) is 12.3. The molecular weight excluding hydrogens is 442 g/mol. The molecule has 5 heteroatoms. The van der Waals surface area contributed by atoms with E-state index in [0.29, 0.717) is 17.6 Å². The Hall–Kier alpha value is -1.78. The van der Waals surface area contributed by atoms with Crippen molar-refractivity contribution in [3.63, 3.8) is 0 Å². The number of carbonyl (C=O) groups is 1. The summed E-state index contributed by atoms with van der Waals surface area (Å²) in [6.45, 7) is 2.19. The van der Waals surface area contributed by atoms with E-state index >= 15 is 0 Å². The number of hydrogen-bond donors (Lipinski definition) is 0. The van der Waals surface area contributed by atoms with E-state index in [2.05, 4.69) is 47.9 Å². The number of halogens is 1. The largest absolute Gasteiger partial charge is 0.302 e. The topological polar surface area (TPSA) is 46.1 Å². The third-order valence-electron chi connectivity index (χ3n) is 7.70. The fourth-order valence-electron chi connectivity index (χ4n) is 5.23. The smallest absolute Gasteiger partial charge is 0.135 e. The van der Waals surface area contributed by atoms with E-state index in [1.807, 2.05) is 0 Å². The van der Waals surface area contributed by atoms with E-state index < -0.39 is 0 Å². The molecule has 1 aromatic heterocycles. The van der Waals surface area contributed by atoms with Gasteiger partial charge in [-0.05, 0) is 86.6 Å². The lowest BCUT2D eigenvalue weighted by atomic mass is 9.80. The van der Waals surface area contributed by atoms with Crippen LogP contribution in [-0.2, 0) is 30.6 Å². The number of unbranched alkanes of at least 4 members (excludes halogenated alkanes) is 2. The molecule has 5 rings (SSSR count). The number of benzene rings is 1. The first kappa shape index (κ1) is 25.3. The molecule has 1 aliphatic heterocycles. The lowest BCUT2D eigenvalue weighted by Crippen LogP contribution is -2.26. The molecule has 2 aliphatic carbocycles. The number of nitrogens with zero attached hydrogens (tertiary/aromatic N) is 3. The number of likely N-dealkylation sites (N-methyl/N-ethyl adjacent to an activating group) is 1. The summed E-state index contributed by atoms with van der Waals surface area (Å²) in [5.74, 6) is 2.54. The molecule has 34 heavy (non-hydrogen) atoms. The molecule has 1 aromatic carbocycles. The zero-order chi connectivity index (χ0) is 23.9. The van der Waals surface area contributed by atoms with E-state index in [1.54, 1.807) is 0 Å². The number of aryl methyl sites for hydroxylation is 1. The molecule has 0 saturated heterocycles. The van der Waals surface area contributed by atoms with Crippen molar-refractivity contribution in [2.45, 2.75) is 89.5 Å². The molecule has 2 fully saturated rings. The molecule has 0 atom stereocenters. The van der Waals surface area contributed by atoms with Gasteiger partial charge in [-0.15, -0.1) is 11.6 Å². The summed E-state index contributed by atoms with van der Waals surface area (Å²) in [6, 6.07) is 6.93. The van der Waals surface area contributed by atoms with Gasteiger partial charge in [0.05, 0.1) is 0 Å². The SMILES string of the molecule is CCl.CN1CCc2cc(Cc3ncc(C4CC4)c(CCCCCC(=O)C4CCC4)n3)ccc2C1. The number of aromatic nitrogens is 2. The maximum atomic E-state index is 12.1. The molecule has 0 spiro atoms. The fraction of sp³-hybridized carbons (Fsp3) is 0.621. The summed E-state index contributed by atoms with van der Waals surface area (Å²) in [7, 11) is 2.19. The van der Waals surface area contributed by atoms with Gasteiger partial charge >= 0.3 is 0 Å². The Bertz CT molecular complexity index is 968. The second-order valence-electron chi connectivity index (χ2n) is 10.4. The Balaban J connectivity index is 0.00000133. The Morgan fingerprint density at radius 1 is 1.09 bits per heavy atom. The summed E-state index contributed by atoms with van der Waals surface area (Å²) in [5.41, 5.74) is 6.93. The quantitative estimate of drug-likeness (QED) is 0.297. The maximum absolute atomic E-state index is 12.1. The number of fused-ring (bicyclic) bond motifs is 1. The van der Waals surface area contributed by atoms with Gasteiger partial charge in [-0.25, -0.2) is 9.97 Å². The number of alkyl halides is 1. The van der Waals surface area contributed by atoms with Crippen LogP contribution in [0.25, 0.3) is 0 Å². The predicted octanol–water partition coefficient (Wildman–Crippen LogP) is 6.26. The van der Waals surface area contributed by atoms with Gasteiger partial charge in [-0.3, -0.25) is 4.79 Å². The average molecular weight is 482 g/mol. The predicted molar refractivity (Wildman–Crippen MR) is 140 cm³/mol. The van der Waals surface area contributed by atoms with Crippen LogP contribution in [0.4, 0.5) is 0 Å². The van der Waals surface area contributed by atoms with Crippen molar-refractivity contribution in [2.24, 2.45) is 5.92 Å². The van der Waals surface area contributed by atoms with Crippen LogP contribution in [-0.4, -0.2) is 40.6 Å². The maximum Gasteiger partial charge on any atom is 0.135 e. The second-order valence-corrected chi connectivity index (χ2v) is 10.4. The van der Waals surface area contributed by atoms with Crippen molar-refractivity contribution in [3.05, 3.63) is 58.2 Å². The molecule has 2 saturated carbocycles. The van der Waals surface area contributed by atoms with Crippen LogP contribution in [0.3, 0.4) is 0 Å². The number of ketones is 1. The summed E-state index contributed by atoms with van der Waals surface area (Å²) in [5, 5.41) is 0. The van der Waals surface area contributed by atoms with Crippen LogP contribution in [0.5, 0.6) is 0 Å². The fourth-order valence-corrected chi connectivity index (χ4v) is 5.23. The number of Topliss-reactive ketones (excluding diaryl/α,β-unsaturated/α-hetero) is 1. The summed E-state index contributed by atoms with van der Waals surface area (Å²) in [4.78, 5) is 24.3. The van der Waals surface area contributed by atoms with Gasteiger partial charge in [0, 0.05) is 50.1 Å². The third kappa shape index (κ3) is 6.66. The van der Waals surface area contributed by atoms with E-state index in [1.165, 1.54) is 53.6 Å². The molecule has 0 radical (unpaired) electrons. The number of carbonyl (C=O) groups excluding carboxylic acids is 1. The van der Waals surface area contributed by atoms with Gasteiger partial charge in [-0.2, -0.15) is 0 Å². The number of rotatable bonds is 10. The number of hydrogen-bond acceptors (Lipinski definition) is 4. The van der Waals surface area contributed by atoms with E-state index in [9.17, 15) is 4.79 Å². The Morgan fingerprint density at radius 2 is 1.91 bits per heavy atom. The van der Waals surface area contributed by atoms with Crippen molar-refractivity contribution in [3.8, 4) is 0 Å². The molecule has 0 bridgehead atoms. The summed E-state index contributed by atoms with van der Waals surface area (Å²) < 4.78 is 0. The highest BCUT2D eigenvalue weighted by atomic mass is 35.5. The van der Waals surface area contributed by atoms with Crippen LogP contribution < -0.4 is 0 Å². The van der Waals surface area contributed by atoms with Gasteiger partial charge in [0.1, 0.15) is 11.6 Å². The van der Waals surface area contributed by atoms with E-state index in [0.717, 1.165) is 76.7 Å². The first-order valence-electron chi connectivity index (χ1n) is 13.2. The van der Waals surface area contributed by atoms with Crippen LogP contribution >= 0.6 is 11.6 Å². The van der Waals surface area contributed by atoms with Crippen molar-refractivity contribution < 1.29 is 4.79 Å². The van der Waals surface area contributed by atoms with Gasteiger partial charge in [0.15, 0.2) is 0 Å². The van der Waals surface area contributed by atoms with E-state index in [-0.39, 0.29) is 0 Å². The molecule has 2 heterocycles. The molecule has 184 valence electrons. The molecule has 0 unspecified atom stereocenters. The first-order chi connectivity index (χ1) is 16.7.